The molecule has 2 atom stereocenters. The summed E-state index contributed by atoms with van der Waals surface area (Å²) in [6, 6.07) is 8.56. The standard InChI is InChI=1S/C15H24ClNO/c1-4-9-17-15(10-12(2)18-3)11-13-5-7-14(16)8-6-13/h5-8,12,15,17H,4,9-11H2,1-3H3. The summed E-state index contributed by atoms with van der Waals surface area (Å²) in [7, 11) is 1.77. The van der Waals surface area contributed by atoms with E-state index in [0.717, 1.165) is 30.8 Å². The number of hydrogen-bond donors (Lipinski definition) is 1. The summed E-state index contributed by atoms with van der Waals surface area (Å²) >= 11 is 5.90. The predicted molar refractivity (Wildman–Crippen MR) is 78.3 cm³/mol. The van der Waals surface area contributed by atoms with Crippen molar-refractivity contribution in [1.29, 1.82) is 0 Å². The highest BCUT2D eigenvalue weighted by Gasteiger charge is 2.12. The molecule has 0 aliphatic rings. The van der Waals surface area contributed by atoms with Crippen LogP contribution in [0.1, 0.15) is 32.3 Å². The first-order valence-electron chi connectivity index (χ1n) is 6.66. The molecule has 0 saturated heterocycles. The Morgan fingerprint density at radius 2 is 1.94 bits per heavy atom. The van der Waals surface area contributed by atoms with Gasteiger partial charge in [0.05, 0.1) is 6.10 Å². The minimum absolute atomic E-state index is 0.284. The third-order valence-electron chi connectivity index (χ3n) is 3.10. The molecule has 0 aliphatic carbocycles. The van der Waals surface area contributed by atoms with Crippen LogP contribution in [0.3, 0.4) is 0 Å². The molecule has 0 bridgehead atoms. The lowest BCUT2D eigenvalue weighted by Crippen LogP contribution is -2.35. The summed E-state index contributed by atoms with van der Waals surface area (Å²) in [5, 5.41) is 4.38. The summed E-state index contributed by atoms with van der Waals surface area (Å²) in [6.45, 7) is 5.35. The fourth-order valence-corrected chi connectivity index (χ4v) is 2.12. The normalized spacial score (nSPS) is 14.4. The molecular formula is C15H24ClNO. The van der Waals surface area contributed by atoms with Gasteiger partial charge in [0.25, 0.3) is 0 Å². The lowest BCUT2D eigenvalue weighted by Gasteiger charge is -2.21. The maximum Gasteiger partial charge on any atom is 0.0558 e. The van der Waals surface area contributed by atoms with Gasteiger partial charge >= 0.3 is 0 Å². The first-order valence-corrected chi connectivity index (χ1v) is 7.04. The first kappa shape index (κ1) is 15.5. The van der Waals surface area contributed by atoms with Gasteiger partial charge in [0.2, 0.25) is 0 Å². The largest absolute Gasteiger partial charge is 0.382 e. The van der Waals surface area contributed by atoms with Crippen LogP contribution in [0.4, 0.5) is 0 Å². The zero-order valence-corrected chi connectivity index (χ0v) is 12.3. The van der Waals surface area contributed by atoms with Crippen LogP contribution in [0, 0.1) is 0 Å². The van der Waals surface area contributed by atoms with E-state index < -0.39 is 0 Å². The van der Waals surface area contributed by atoms with E-state index in [1.165, 1.54) is 5.56 Å². The zero-order chi connectivity index (χ0) is 13.4. The SMILES string of the molecule is CCCNC(Cc1ccc(Cl)cc1)CC(C)OC. The molecule has 0 heterocycles. The van der Waals surface area contributed by atoms with Crippen LogP contribution in [0.5, 0.6) is 0 Å². The lowest BCUT2D eigenvalue weighted by atomic mass is 10.0. The van der Waals surface area contributed by atoms with Crippen molar-refractivity contribution in [3.05, 3.63) is 34.9 Å². The molecule has 102 valence electrons. The highest BCUT2D eigenvalue weighted by Crippen LogP contribution is 2.13. The molecule has 0 spiro atoms. The van der Waals surface area contributed by atoms with Crippen molar-refractivity contribution in [3.8, 4) is 0 Å². The predicted octanol–water partition coefficient (Wildman–Crippen LogP) is 3.68. The van der Waals surface area contributed by atoms with Crippen LogP contribution >= 0.6 is 11.6 Å². The highest BCUT2D eigenvalue weighted by atomic mass is 35.5. The van der Waals surface area contributed by atoms with E-state index in [9.17, 15) is 0 Å². The second-order valence-electron chi connectivity index (χ2n) is 4.76. The minimum atomic E-state index is 0.284. The molecule has 3 heteroatoms. The third kappa shape index (κ3) is 5.85. The summed E-state index contributed by atoms with van der Waals surface area (Å²) in [5.41, 5.74) is 1.32. The Kier molecular flexibility index (Phi) is 7.33. The topological polar surface area (TPSA) is 21.3 Å². The smallest absolute Gasteiger partial charge is 0.0558 e. The summed E-state index contributed by atoms with van der Waals surface area (Å²) in [6.07, 6.45) is 3.48. The second-order valence-corrected chi connectivity index (χ2v) is 5.20. The molecule has 2 nitrogen and oxygen atoms in total. The van der Waals surface area contributed by atoms with E-state index in [-0.39, 0.29) is 6.10 Å². The van der Waals surface area contributed by atoms with Gasteiger partial charge in [0, 0.05) is 18.2 Å². The van der Waals surface area contributed by atoms with Crippen molar-refractivity contribution in [2.75, 3.05) is 13.7 Å². The van der Waals surface area contributed by atoms with E-state index >= 15 is 0 Å². The Balaban J connectivity index is 2.56. The van der Waals surface area contributed by atoms with Gasteiger partial charge in [-0.05, 0) is 50.4 Å². The molecule has 18 heavy (non-hydrogen) atoms. The van der Waals surface area contributed by atoms with Crippen molar-refractivity contribution in [1.82, 2.24) is 5.32 Å². The fraction of sp³-hybridized carbons (Fsp3) is 0.600. The Morgan fingerprint density at radius 1 is 1.28 bits per heavy atom. The molecule has 0 fully saturated rings. The van der Waals surface area contributed by atoms with Gasteiger partial charge in [-0.25, -0.2) is 0 Å². The molecule has 0 amide bonds. The first-order chi connectivity index (χ1) is 8.65. The van der Waals surface area contributed by atoms with Crippen molar-refractivity contribution in [3.63, 3.8) is 0 Å². The van der Waals surface area contributed by atoms with Gasteiger partial charge in [-0.15, -0.1) is 0 Å². The maximum atomic E-state index is 5.90. The van der Waals surface area contributed by atoms with Crippen LogP contribution in [-0.2, 0) is 11.2 Å². The third-order valence-corrected chi connectivity index (χ3v) is 3.35. The number of benzene rings is 1. The molecule has 0 aliphatic heterocycles. The van der Waals surface area contributed by atoms with Gasteiger partial charge in [0.1, 0.15) is 0 Å². The number of halogens is 1. The average molecular weight is 270 g/mol. The van der Waals surface area contributed by atoms with Gasteiger partial charge in [0.15, 0.2) is 0 Å². The van der Waals surface area contributed by atoms with E-state index in [2.05, 4.69) is 31.3 Å². The van der Waals surface area contributed by atoms with Crippen LogP contribution in [-0.4, -0.2) is 25.8 Å². The van der Waals surface area contributed by atoms with Crippen molar-refractivity contribution < 1.29 is 4.74 Å². The monoisotopic (exact) mass is 269 g/mol. The Morgan fingerprint density at radius 3 is 2.50 bits per heavy atom. The summed E-state index contributed by atoms with van der Waals surface area (Å²) < 4.78 is 5.36. The zero-order valence-electron chi connectivity index (χ0n) is 11.6. The quantitative estimate of drug-likeness (QED) is 0.777. The van der Waals surface area contributed by atoms with Crippen LogP contribution in [0.25, 0.3) is 0 Å². The number of methoxy groups -OCH3 is 1. The molecule has 2 unspecified atom stereocenters. The Bertz CT molecular complexity index is 326. The number of rotatable bonds is 8. The summed E-state index contributed by atoms with van der Waals surface area (Å²) in [4.78, 5) is 0. The van der Waals surface area contributed by atoms with Gasteiger partial charge in [-0.1, -0.05) is 30.7 Å². The molecule has 1 aromatic carbocycles. The minimum Gasteiger partial charge on any atom is -0.382 e. The molecule has 0 saturated carbocycles. The molecule has 1 aromatic rings. The Hall–Kier alpha value is -0.570. The van der Waals surface area contributed by atoms with Crippen LogP contribution in [0.15, 0.2) is 24.3 Å². The van der Waals surface area contributed by atoms with Gasteiger partial charge in [-0.2, -0.15) is 0 Å². The van der Waals surface area contributed by atoms with E-state index in [4.69, 9.17) is 16.3 Å². The second kappa shape index (κ2) is 8.52. The van der Waals surface area contributed by atoms with Gasteiger partial charge in [-0.3, -0.25) is 0 Å². The summed E-state index contributed by atoms with van der Waals surface area (Å²) in [5.74, 6) is 0. The van der Waals surface area contributed by atoms with Crippen LogP contribution in [0.2, 0.25) is 5.02 Å². The van der Waals surface area contributed by atoms with Crippen LogP contribution < -0.4 is 5.32 Å². The molecule has 0 aromatic heterocycles. The molecular weight excluding hydrogens is 246 g/mol. The number of ether oxygens (including phenoxy) is 1. The molecule has 1 rings (SSSR count). The van der Waals surface area contributed by atoms with E-state index in [1.54, 1.807) is 7.11 Å². The fourth-order valence-electron chi connectivity index (χ4n) is 1.99. The number of nitrogens with one attached hydrogen (secondary N) is 1. The van der Waals surface area contributed by atoms with Crippen molar-refractivity contribution in [2.45, 2.75) is 45.3 Å². The van der Waals surface area contributed by atoms with Crippen molar-refractivity contribution >= 4 is 11.6 Å². The molecule has 0 radical (unpaired) electrons. The highest BCUT2D eigenvalue weighted by molar-refractivity contribution is 6.30. The number of hydrogen-bond acceptors (Lipinski definition) is 2. The average Bonchev–Trinajstić information content (AvgIpc) is 2.38. The molecule has 1 N–H and O–H groups in total. The van der Waals surface area contributed by atoms with E-state index in [0.29, 0.717) is 6.04 Å². The van der Waals surface area contributed by atoms with E-state index in [1.807, 2.05) is 12.1 Å². The Labute approximate surface area is 116 Å². The van der Waals surface area contributed by atoms with Gasteiger partial charge < -0.3 is 10.1 Å². The van der Waals surface area contributed by atoms with Crippen molar-refractivity contribution in [2.24, 2.45) is 0 Å². The maximum absolute atomic E-state index is 5.90. The lowest BCUT2D eigenvalue weighted by molar-refractivity contribution is 0.100.